The van der Waals surface area contributed by atoms with E-state index in [4.69, 9.17) is 16.7 Å². The molecule has 0 radical (unpaired) electrons. The van der Waals surface area contributed by atoms with Gasteiger partial charge in [0.2, 0.25) is 0 Å². The molecule has 4 heteroatoms. The molecule has 2 heterocycles. The number of rotatable bonds is 2. The molecule has 1 aliphatic rings. The Labute approximate surface area is 118 Å². The number of hydrogen-bond donors (Lipinski definition) is 1. The van der Waals surface area contributed by atoms with Crippen molar-refractivity contribution in [2.45, 2.75) is 32.6 Å². The van der Waals surface area contributed by atoms with Crippen LogP contribution in [-0.2, 0) is 12.8 Å². The highest BCUT2D eigenvalue weighted by Gasteiger charge is 2.19. The number of halogens is 1. The van der Waals surface area contributed by atoms with E-state index in [2.05, 4.69) is 12.2 Å². The van der Waals surface area contributed by atoms with E-state index >= 15 is 0 Å². The molecule has 0 saturated heterocycles. The Morgan fingerprint density at radius 2 is 2.26 bits per heavy atom. The molecule has 1 aliphatic heterocycles. The maximum Gasteiger partial charge on any atom is 0.133 e. The van der Waals surface area contributed by atoms with Gasteiger partial charge in [0.05, 0.1) is 11.4 Å². The monoisotopic (exact) mass is 275 g/mol. The SMILES string of the molecule is CCc1nn(-c2cccc(Cl)c2)c2c1CCCCN2. The van der Waals surface area contributed by atoms with Crippen LogP contribution in [0.2, 0.25) is 5.02 Å². The molecule has 3 nitrogen and oxygen atoms in total. The highest BCUT2D eigenvalue weighted by Crippen LogP contribution is 2.28. The Kier molecular flexibility index (Phi) is 3.47. The number of fused-ring (bicyclic) bond motifs is 1. The van der Waals surface area contributed by atoms with E-state index in [0.717, 1.165) is 35.9 Å². The summed E-state index contributed by atoms with van der Waals surface area (Å²) in [6.07, 6.45) is 4.53. The highest BCUT2D eigenvalue weighted by molar-refractivity contribution is 6.30. The summed E-state index contributed by atoms with van der Waals surface area (Å²) >= 11 is 6.09. The molecular formula is C15H18ClN3. The predicted molar refractivity (Wildman–Crippen MR) is 79.4 cm³/mol. The zero-order valence-corrected chi connectivity index (χ0v) is 11.9. The summed E-state index contributed by atoms with van der Waals surface area (Å²) in [7, 11) is 0. The minimum absolute atomic E-state index is 0.744. The van der Waals surface area contributed by atoms with Crippen LogP contribution >= 0.6 is 11.6 Å². The van der Waals surface area contributed by atoms with E-state index in [1.807, 2.05) is 28.9 Å². The smallest absolute Gasteiger partial charge is 0.133 e. The fourth-order valence-corrected chi connectivity index (χ4v) is 2.84. The lowest BCUT2D eigenvalue weighted by atomic mass is 10.1. The van der Waals surface area contributed by atoms with E-state index < -0.39 is 0 Å². The first-order valence-corrected chi connectivity index (χ1v) is 7.28. The summed E-state index contributed by atoms with van der Waals surface area (Å²) in [5.41, 5.74) is 3.60. The number of nitrogens with one attached hydrogen (secondary N) is 1. The van der Waals surface area contributed by atoms with Crippen LogP contribution in [0.25, 0.3) is 5.69 Å². The van der Waals surface area contributed by atoms with E-state index in [1.165, 1.54) is 24.1 Å². The normalized spacial score (nSPS) is 14.6. The van der Waals surface area contributed by atoms with Gasteiger partial charge in [-0.25, -0.2) is 4.68 Å². The number of aromatic nitrogens is 2. The molecule has 0 saturated carbocycles. The van der Waals surface area contributed by atoms with Crippen molar-refractivity contribution in [3.63, 3.8) is 0 Å². The third kappa shape index (κ3) is 2.35. The van der Waals surface area contributed by atoms with Crippen LogP contribution in [0, 0.1) is 0 Å². The molecule has 0 aliphatic carbocycles. The van der Waals surface area contributed by atoms with Crippen molar-refractivity contribution in [3.05, 3.63) is 40.5 Å². The maximum atomic E-state index is 6.09. The molecule has 0 amide bonds. The molecule has 19 heavy (non-hydrogen) atoms. The molecule has 0 atom stereocenters. The number of nitrogens with zero attached hydrogens (tertiary/aromatic N) is 2. The summed E-state index contributed by atoms with van der Waals surface area (Å²) in [4.78, 5) is 0. The van der Waals surface area contributed by atoms with Crippen molar-refractivity contribution >= 4 is 17.4 Å². The number of aryl methyl sites for hydroxylation is 1. The molecule has 0 fully saturated rings. The Hall–Kier alpha value is -1.48. The Bertz CT molecular complexity index is 589. The van der Waals surface area contributed by atoms with Crippen LogP contribution in [0.15, 0.2) is 24.3 Å². The van der Waals surface area contributed by atoms with Crippen LogP contribution in [0.5, 0.6) is 0 Å². The van der Waals surface area contributed by atoms with Gasteiger partial charge in [0.1, 0.15) is 5.82 Å². The van der Waals surface area contributed by atoms with E-state index in [9.17, 15) is 0 Å². The first-order valence-electron chi connectivity index (χ1n) is 6.90. The van der Waals surface area contributed by atoms with Gasteiger partial charge in [-0.1, -0.05) is 24.6 Å². The van der Waals surface area contributed by atoms with E-state index in [1.54, 1.807) is 0 Å². The first kappa shape index (κ1) is 12.5. The molecule has 3 rings (SSSR count). The van der Waals surface area contributed by atoms with E-state index in [-0.39, 0.29) is 0 Å². The van der Waals surface area contributed by atoms with Crippen molar-refractivity contribution < 1.29 is 0 Å². The van der Waals surface area contributed by atoms with Crippen LogP contribution in [0.4, 0.5) is 5.82 Å². The van der Waals surface area contributed by atoms with Crippen LogP contribution in [0.3, 0.4) is 0 Å². The predicted octanol–water partition coefficient (Wildman–Crippen LogP) is 3.84. The van der Waals surface area contributed by atoms with E-state index in [0.29, 0.717) is 0 Å². The number of benzene rings is 1. The van der Waals surface area contributed by atoms with Gasteiger partial charge in [-0.05, 0) is 43.9 Å². The third-order valence-corrected chi connectivity index (χ3v) is 3.84. The second-order valence-electron chi connectivity index (χ2n) is 4.90. The van der Waals surface area contributed by atoms with Crippen molar-refractivity contribution in [1.82, 2.24) is 9.78 Å². The van der Waals surface area contributed by atoms with Crippen molar-refractivity contribution in [2.24, 2.45) is 0 Å². The largest absolute Gasteiger partial charge is 0.370 e. The van der Waals surface area contributed by atoms with Crippen molar-refractivity contribution in [1.29, 1.82) is 0 Å². The van der Waals surface area contributed by atoms with Gasteiger partial charge in [-0.15, -0.1) is 0 Å². The van der Waals surface area contributed by atoms with Crippen molar-refractivity contribution in [2.75, 3.05) is 11.9 Å². The molecule has 0 spiro atoms. The van der Waals surface area contributed by atoms with Crippen LogP contribution in [-0.4, -0.2) is 16.3 Å². The molecule has 0 unspecified atom stereocenters. The third-order valence-electron chi connectivity index (χ3n) is 3.60. The average Bonchev–Trinajstić information content (AvgIpc) is 2.59. The quantitative estimate of drug-likeness (QED) is 0.903. The summed E-state index contributed by atoms with van der Waals surface area (Å²) in [6.45, 7) is 3.18. The maximum absolute atomic E-state index is 6.09. The molecule has 100 valence electrons. The zero-order chi connectivity index (χ0) is 13.2. The topological polar surface area (TPSA) is 29.9 Å². The van der Waals surface area contributed by atoms with Gasteiger partial charge in [0, 0.05) is 17.1 Å². The average molecular weight is 276 g/mol. The fraction of sp³-hybridized carbons (Fsp3) is 0.400. The summed E-state index contributed by atoms with van der Waals surface area (Å²) < 4.78 is 2.01. The summed E-state index contributed by atoms with van der Waals surface area (Å²) in [6, 6.07) is 7.86. The Morgan fingerprint density at radius 1 is 1.37 bits per heavy atom. The number of hydrogen-bond acceptors (Lipinski definition) is 2. The summed E-state index contributed by atoms with van der Waals surface area (Å²) in [5.74, 6) is 1.15. The number of anilines is 1. The second kappa shape index (κ2) is 5.25. The Morgan fingerprint density at radius 3 is 3.05 bits per heavy atom. The lowest BCUT2D eigenvalue weighted by molar-refractivity contribution is 0.765. The first-order chi connectivity index (χ1) is 9.29. The van der Waals surface area contributed by atoms with Gasteiger partial charge >= 0.3 is 0 Å². The van der Waals surface area contributed by atoms with Gasteiger partial charge < -0.3 is 5.32 Å². The van der Waals surface area contributed by atoms with Gasteiger partial charge in [-0.2, -0.15) is 5.10 Å². The summed E-state index contributed by atoms with van der Waals surface area (Å²) in [5, 5.41) is 9.03. The van der Waals surface area contributed by atoms with Gasteiger partial charge in [-0.3, -0.25) is 0 Å². The van der Waals surface area contributed by atoms with Crippen LogP contribution < -0.4 is 5.32 Å². The van der Waals surface area contributed by atoms with Gasteiger partial charge in [0.15, 0.2) is 0 Å². The fourth-order valence-electron chi connectivity index (χ4n) is 2.65. The van der Waals surface area contributed by atoms with Crippen molar-refractivity contribution in [3.8, 4) is 5.69 Å². The van der Waals surface area contributed by atoms with Gasteiger partial charge in [0.25, 0.3) is 0 Å². The zero-order valence-electron chi connectivity index (χ0n) is 11.1. The molecule has 1 N–H and O–H groups in total. The van der Waals surface area contributed by atoms with Crippen LogP contribution in [0.1, 0.15) is 31.0 Å². The molecule has 1 aromatic heterocycles. The molecular weight excluding hydrogens is 258 g/mol. The molecule has 1 aromatic carbocycles. The standard InChI is InChI=1S/C15H18ClN3/c1-2-14-13-8-3-4-9-17-15(13)19(18-14)12-7-5-6-11(16)10-12/h5-7,10,17H,2-4,8-9H2,1H3. The highest BCUT2D eigenvalue weighted by atomic mass is 35.5. The second-order valence-corrected chi connectivity index (χ2v) is 5.34. The molecule has 0 bridgehead atoms. The lowest BCUT2D eigenvalue weighted by Crippen LogP contribution is -2.07. The minimum Gasteiger partial charge on any atom is -0.370 e. The minimum atomic E-state index is 0.744. The lowest BCUT2D eigenvalue weighted by Gasteiger charge is -2.09. The molecule has 2 aromatic rings. The Balaban J connectivity index is 2.13.